The van der Waals surface area contributed by atoms with Crippen molar-refractivity contribution in [2.45, 2.75) is 52.0 Å². The molecular formula is C24H32N2O2S. The number of benzene rings is 2. The van der Waals surface area contributed by atoms with Gasteiger partial charge in [-0.05, 0) is 30.9 Å². The Morgan fingerprint density at radius 1 is 1.03 bits per heavy atom. The molecule has 0 radical (unpaired) electrons. The van der Waals surface area contributed by atoms with E-state index in [-0.39, 0.29) is 11.8 Å². The maximum Gasteiger partial charge on any atom is 0.242 e. The van der Waals surface area contributed by atoms with Gasteiger partial charge in [0, 0.05) is 18.8 Å². The Bertz CT molecular complexity index is 779. The van der Waals surface area contributed by atoms with Crippen molar-refractivity contribution in [3.8, 4) is 0 Å². The van der Waals surface area contributed by atoms with Gasteiger partial charge in [0.15, 0.2) is 0 Å². The Balaban J connectivity index is 2.07. The number of carbonyl (C=O) groups is 2. The number of hydrogen-bond donors (Lipinski definition) is 1. The zero-order valence-corrected chi connectivity index (χ0v) is 18.5. The SMILES string of the molecule is CCCNC(=O)C(CC)N(Cc1ccccc1)C(=O)CSCc1cccc(C)c1. The van der Waals surface area contributed by atoms with E-state index >= 15 is 0 Å². The molecule has 0 bridgehead atoms. The summed E-state index contributed by atoms with van der Waals surface area (Å²) in [7, 11) is 0. The van der Waals surface area contributed by atoms with Crippen molar-refractivity contribution in [1.29, 1.82) is 0 Å². The van der Waals surface area contributed by atoms with E-state index < -0.39 is 6.04 Å². The number of thioether (sulfide) groups is 1. The third kappa shape index (κ3) is 7.58. The molecule has 0 aromatic heterocycles. The van der Waals surface area contributed by atoms with E-state index in [4.69, 9.17) is 0 Å². The third-order valence-corrected chi connectivity index (χ3v) is 5.70. The Morgan fingerprint density at radius 3 is 2.41 bits per heavy atom. The van der Waals surface area contributed by atoms with E-state index in [1.165, 1.54) is 11.1 Å². The topological polar surface area (TPSA) is 49.4 Å². The minimum atomic E-state index is -0.450. The average molecular weight is 413 g/mol. The molecule has 0 aliphatic rings. The molecule has 5 heteroatoms. The van der Waals surface area contributed by atoms with Crippen LogP contribution in [0.2, 0.25) is 0 Å². The molecule has 1 N–H and O–H groups in total. The molecule has 29 heavy (non-hydrogen) atoms. The first kappa shape index (κ1) is 23.0. The lowest BCUT2D eigenvalue weighted by Gasteiger charge is -2.30. The fourth-order valence-corrected chi connectivity index (χ4v) is 4.06. The van der Waals surface area contributed by atoms with E-state index in [2.05, 4.69) is 30.4 Å². The molecular weight excluding hydrogens is 380 g/mol. The first-order valence-corrected chi connectivity index (χ1v) is 11.4. The van der Waals surface area contributed by atoms with Crippen LogP contribution in [-0.4, -0.2) is 35.1 Å². The summed E-state index contributed by atoms with van der Waals surface area (Å²) < 4.78 is 0. The molecule has 1 unspecified atom stereocenters. The van der Waals surface area contributed by atoms with Crippen LogP contribution in [0.4, 0.5) is 0 Å². The summed E-state index contributed by atoms with van der Waals surface area (Å²) in [5, 5.41) is 2.95. The fraction of sp³-hybridized carbons (Fsp3) is 0.417. The van der Waals surface area contributed by atoms with E-state index in [9.17, 15) is 9.59 Å². The summed E-state index contributed by atoms with van der Waals surface area (Å²) in [6, 6.07) is 17.8. The summed E-state index contributed by atoms with van der Waals surface area (Å²) in [6.45, 7) is 7.13. The van der Waals surface area contributed by atoms with Gasteiger partial charge >= 0.3 is 0 Å². The maximum atomic E-state index is 13.1. The van der Waals surface area contributed by atoms with Gasteiger partial charge in [-0.1, -0.05) is 74.0 Å². The summed E-state index contributed by atoms with van der Waals surface area (Å²) >= 11 is 1.60. The molecule has 2 amide bonds. The van der Waals surface area contributed by atoms with E-state index in [1.807, 2.05) is 50.2 Å². The van der Waals surface area contributed by atoms with Gasteiger partial charge in [0.1, 0.15) is 6.04 Å². The molecule has 1 atom stereocenters. The second kappa shape index (κ2) is 12.3. The van der Waals surface area contributed by atoms with Crippen molar-refractivity contribution in [3.63, 3.8) is 0 Å². The molecule has 0 spiro atoms. The highest BCUT2D eigenvalue weighted by molar-refractivity contribution is 7.99. The van der Waals surface area contributed by atoms with Crippen LogP contribution in [0, 0.1) is 6.92 Å². The summed E-state index contributed by atoms with van der Waals surface area (Å²) in [4.78, 5) is 27.5. The number of rotatable bonds is 11. The van der Waals surface area contributed by atoms with Gasteiger partial charge in [0.2, 0.25) is 11.8 Å². The molecule has 4 nitrogen and oxygen atoms in total. The Kier molecular flexibility index (Phi) is 9.78. The first-order valence-electron chi connectivity index (χ1n) is 10.3. The highest BCUT2D eigenvalue weighted by Gasteiger charge is 2.28. The first-order chi connectivity index (χ1) is 14.0. The zero-order valence-electron chi connectivity index (χ0n) is 17.7. The predicted molar refractivity (Wildman–Crippen MR) is 122 cm³/mol. The van der Waals surface area contributed by atoms with Gasteiger partial charge in [0.25, 0.3) is 0 Å². The van der Waals surface area contributed by atoms with Crippen molar-refractivity contribution in [2.75, 3.05) is 12.3 Å². The highest BCUT2D eigenvalue weighted by atomic mass is 32.2. The molecule has 0 fully saturated rings. The Labute approximate surface area is 179 Å². The molecule has 2 rings (SSSR count). The van der Waals surface area contributed by atoms with Crippen LogP contribution < -0.4 is 5.32 Å². The van der Waals surface area contributed by atoms with Crippen molar-refractivity contribution in [2.24, 2.45) is 0 Å². The number of aryl methyl sites for hydroxylation is 1. The highest BCUT2D eigenvalue weighted by Crippen LogP contribution is 2.18. The number of nitrogens with zero attached hydrogens (tertiary/aromatic N) is 1. The molecule has 2 aromatic carbocycles. The fourth-order valence-electron chi connectivity index (χ4n) is 3.21. The number of amides is 2. The minimum absolute atomic E-state index is 0.00463. The average Bonchev–Trinajstić information content (AvgIpc) is 2.72. The third-order valence-electron chi connectivity index (χ3n) is 4.71. The normalized spacial score (nSPS) is 11.7. The van der Waals surface area contributed by atoms with Crippen molar-refractivity contribution < 1.29 is 9.59 Å². The standard InChI is InChI=1S/C24H32N2O2S/c1-4-14-25-24(28)22(5-2)26(16-20-11-7-6-8-12-20)23(27)18-29-17-21-13-9-10-19(3)15-21/h6-13,15,22H,4-5,14,16-18H2,1-3H3,(H,25,28). The number of nitrogens with one attached hydrogen (secondary N) is 1. The molecule has 0 aliphatic heterocycles. The maximum absolute atomic E-state index is 13.1. The van der Waals surface area contributed by atoms with Crippen LogP contribution in [-0.2, 0) is 21.9 Å². The van der Waals surface area contributed by atoms with E-state index in [1.54, 1.807) is 16.7 Å². The van der Waals surface area contributed by atoms with Gasteiger partial charge in [0.05, 0.1) is 5.75 Å². The van der Waals surface area contributed by atoms with Crippen molar-refractivity contribution >= 4 is 23.6 Å². The van der Waals surface area contributed by atoms with Crippen LogP contribution in [0.15, 0.2) is 54.6 Å². The lowest BCUT2D eigenvalue weighted by atomic mass is 10.1. The Hall–Kier alpha value is -2.27. The van der Waals surface area contributed by atoms with Crippen LogP contribution in [0.1, 0.15) is 43.4 Å². The number of carbonyl (C=O) groups excluding carboxylic acids is 2. The van der Waals surface area contributed by atoms with Gasteiger partial charge in [-0.25, -0.2) is 0 Å². The molecule has 0 aliphatic carbocycles. The van der Waals surface area contributed by atoms with Gasteiger partial charge in [-0.2, -0.15) is 0 Å². The quantitative estimate of drug-likeness (QED) is 0.588. The molecule has 0 saturated carbocycles. The smallest absolute Gasteiger partial charge is 0.242 e. The summed E-state index contributed by atoms with van der Waals surface area (Å²) in [5.41, 5.74) is 3.47. The van der Waals surface area contributed by atoms with E-state index in [0.29, 0.717) is 25.3 Å². The Morgan fingerprint density at radius 2 is 1.76 bits per heavy atom. The molecule has 156 valence electrons. The number of hydrogen-bond acceptors (Lipinski definition) is 3. The second-order valence-corrected chi connectivity index (χ2v) is 8.19. The van der Waals surface area contributed by atoms with Crippen molar-refractivity contribution in [3.05, 3.63) is 71.3 Å². The molecule has 2 aromatic rings. The lowest BCUT2D eigenvalue weighted by molar-refractivity contribution is -0.139. The second-order valence-electron chi connectivity index (χ2n) is 7.20. The summed E-state index contributed by atoms with van der Waals surface area (Å²) in [5.74, 6) is 1.08. The predicted octanol–water partition coefficient (Wildman–Crippen LogP) is 4.56. The lowest BCUT2D eigenvalue weighted by Crippen LogP contribution is -2.49. The summed E-state index contributed by atoms with van der Waals surface area (Å²) in [6.07, 6.45) is 1.47. The van der Waals surface area contributed by atoms with Gasteiger partial charge in [-0.15, -0.1) is 11.8 Å². The largest absolute Gasteiger partial charge is 0.354 e. The van der Waals surface area contributed by atoms with Crippen molar-refractivity contribution in [1.82, 2.24) is 10.2 Å². The molecule has 0 heterocycles. The van der Waals surface area contributed by atoms with Gasteiger partial charge in [-0.3, -0.25) is 9.59 Å². The minimum Gasteiger partial charge on any atom is -0.354 e. The van der Waals surface area contributed by atoms with Crippen LogP contribution in [0.5, 0.6) is 0 Å². The monoisotopic (exact) mass is 412 g/mol. The van der Waals surface area contributed by atoms with Crippen LogP contribution in [0.3, 0.4) is 0 Å². The van der Waals surface area contributed by atoms with Crippen LogP contribution >= 0.6 is 11.8 Å². The zero-order chi connectivity index (χ0) is 21.1. The van der Waals surface area contributed by atoms with E-state index in [0.717, 1.165) is 17.7 Å². The van der Waals surface area contributed by atoms with Crippen LogP contribution in [0.25, 0.3) is 0 Å². The van der Waals surface area contributed by atoms with Gasteiger partial charge < -0.3 is 10.2 Å². The molecule has 0 saturated heterocycles.